The van der Waals surface area contributed by atoms with E-state index in [9.17, 15) is 0 Å². The third-order valence-corrected chi connectivity index (χ3v) is 4.12. The Morgan fingerprint density at radius 1 is 1.35 bits per heavy atom. The van der Waals surface area contributed by atoms with Gasteiger partial charge in [0.1, 0.15) is 5.82 Å². The van der Waals surface area contributed by atoms with Crippen LogP contribution < -0.4 is 10.6 Å². The standard InChI is InChI=1S/C15H26N4.ClH/c1-3-18(2)15-5-4-14(11-17-15)12-19-8-6-13(10-16)7-9-19;/h4-5,11,13H,3,6-10,12,16H2,1-2H3;1H. The fourth-order valence-corrected chi connectivity index (χ4v) is 2.54. The summed E-state index contributed by atoms with van der Waals surface area (Å²) >= 11 is 0. The van der Waals surface area contributed by atoms with Gasteiger partial charge in [-0.05, 0) is 56.9 Å². The number of piperidine rings is 1. The van der Waals surface area contributed by atoms with Crippen LogP contribution >= 0.6 is 12.4 Å². The van der Waals surface area contributed by atoms with Crippen LogP contribution in [0.25, 0.3) is 0 Å². The van der Waals surface area contributed by atoms with Crippen molar-refractivity contribution >= 4 is 18.2 Å². The molecule has 0 atom stereocenters. The predicted octanol–water partition coefficient (Wildman–Crippen LogP) is 2.13. The molecular weight excluding hydrogens is 272 g/mol. The minimum atomic E-state index is 0. The van der Waals surface area contributed by atoms with Crippen molar-refractivity contribution in [3.63, 3.8) is 0 Å². The lowest BCUT2D eigenvalue weighted by molar-refractivity contribution is 0.180. The van der Waals surface area contributed by atoms with Gasteiger partial charge in [0, 0.05) is 26.3 Å². The lowest BCUT2D eigenvalue weighted by atomic mass is 9.97. The summed E-state index contributed by atoms with van der Waals surface area (Å²) in [6.07, 6.45) is 4.48. The minimum Gasteiger partial charge on any atom is -0.360 e. The summed E-state index contributed by atoms with van der Waals surface area (Å²) in [6.45, 7) is 7.31. The fraction of sp³-hybridized carbons (Fsp3) is 0.667. The van der Waals surface area contributed by atoms with Crippen LogP contribution in [-0.2, 0) is 6.54 Å². The predicted molar refractivity (Wildman–Crippen MR) is 87.5 cm³/mol. The molecule has 1 aliphatic heterocycles. The van der Waals surface area contributed by atoms with Crippen LogP contribution in [0.3, 0.4) is 0 Å². The number of hydrogen-bond acceptors (Lipinski definition) is 4. The second kappa shape index (κ2) is 8.45. The Hall–Kier alpha value is -0.840. The summed E-state index contributed by atoms with van der Waals surface area (Å²) in [5, 5.41) is 0. The van der Waals surface area contributed by atoms with Gasteiger partial charge in [-0.3, -0.25) is 4.90 Å². The van der Waals surface area contributed by atoms with E-state index in [2.05, 4.69) is 40.9 Å². The summed E-state index contributed by atoms with van der Waals surface area (Å²) in [5.74, 6) is 1.78. The van der Waals surface area contributed by atoms with E-state index in [-0.39, 0.29) is 12.4 Å². The smallest absolute Gasteiger partial charge is 0.128 e. The lowest BCUT2D eigenvalue weighted by Crippen LogP contribution is -2.35. The number of nitrogens with zero attached hydrogens (tertiary/aromatic N) is 3. The molecule has 0 saturated carbocycles. The van der Waals surface area contributed by atoms with E-state index >= 15 is 0 Å². The molecule has 0 bridgehead atoms. The average Bonchev–Trinajstić information content (AvgIpc) is 2.48. The van der Waals surface area contributed by atoms with Crippen molar-refractivity contribution in [3.05, 3.63) is 23.9 Å². The molecule has 2 rings (SSSR count). The first-order valence-electron chi connectivity index (χ1n) is 7.31. The van der Waals surface area contributed by atoms with Gasteiger partial charge in [0.2, 0.25) is 0 Å². The van der Waals surface area contributed by atoms with Gasteiger partial charge in [-0.1, -0.05) is 6.07 Å². The Kier molecular flexibility index (Phi) is 7.27. The molecule has 1 aromatic rings. The van der Waals surface area contributed by atoms with Crippen LogP contribution in [0.5, 0.6) is 0 Å². The van der Waals surface area contributed by atoms with Crippen LogP contribution in [0.2, 0.25) is 0 Å². The van der Waals surface area contributed by atoms with E-state index in [1.165, 1.54) is 31.5 Å². The Balaban J connectivity index is 0.00000200. The van der Waals surface area contributed by atoms with Crippen molar-refractivity contribution in [3.8, 4) is 0 Å². The molecule has 5 heteroatoms. The van der Waals surface area contributed by atoms with Gasteiger partial charge >= 0.3 is 0 Å². The number of rotatable bonds is 5. The fourth-order valence-electron chi connectivity index (χ4n) is 2.54. The van der Waals surface area contributed by atoms with Crippen molar-refractivity contribution in [1.82, 2.24) is 9.88 Å². The molecule has 0 aliphatic carbocycles. The van der Waals surface area contributed by atoms with Crippen LogP contribution in [0, 0.1) is 5.92 Å². The SMILES string of the molecule is CCN(C)c1ccc(CN2CCC(CN)CC2)cn1.Cl. The Bertz CT molecular complexity index is 374. The number of halogens is 1. The third-order valence-electron chi connectivity index (χ3n) is 4.12. The Morgan fingerprint density at radius 2 is 2.05 bits per heavy atom. The van der Waals surface area contributed by atoms with Crippen molar-refractivity contribution in [2.75, 3.05) is 38.1 Å². The van der Waals surface area contributed by atoms with E-state index in [4.69, 9.17) is 5.73 Å². The quantitative estimate of drug-likeness (QED) is 0.904. The molecule has 0 aromatic carbocycles. The second-order valence-electron chi connectivity index (χ2n) is 5.49. The van der Waals surface area contributed by atoms with Crippen LogP contribution in [0.15, 0.2) is 18.3 Å². The molecule has 2 heterocycles. The molecule has 0 amide bonds. The molecule has 1 aromatic heterocycles. The van der Waals surface area contributed by atoms with E-state index in [0.717, 1.165) is 31.4 Å². The van der Waals surface area contributed by atoms with E-state index in [1.54, 1.807) is 0 Å². The van der Waals surface area contributed by atoms with Crippen LogP contribution in [0.4, 0.5) is 5.82 Å². The van der Waals surface area contributed by atoms with E-state index in [0.29, 0.717) is 0 Å². The van der Waals surface area contributed by atoms with Crippen molar-refractivity contribution in [2.24, 2.45) is 11.7 Å². The average molecular weight is 299 g/mol. The zero-order chi connectivity index (χ0) is 13.7. The third kappa shape index (κ3) is 4.62. The highest BCUT2D eigenvalue weighted by Crippen LogP contribution is 2.18. The minimum absolute atomic E-state index is 0. The van der Waals surface area contributed by atoms with Gasteiger partial charge in [-0.2, -0.15) is 0 Å². The number of pyridine rings is 1. The second-order valence-corrected chi connectivity index (χ2v) is 5.49. The maximum Gasteiger partial charge on any atom is 0.128 e. The maximum atomic E-state index is 5.73. The first-order valence-corrected chi connectivity index (χ1v) is 7.31. The normalized spacial score (nSPS) is 16.8. The molecule has 1 fully saturated rings. The Labute approximate surface area is 128 Å². The zero-order valence-corrected chi connectivity index (χ0v) is 13.4. The summed E-state index contributed by atoms with van der Waals surface area (Å²) in [4.78, 5) is 9.18. The van der Waals surface area contributed by atoms with Crippen molar-refractivity contribution < 1.29 is 0 Å². The number of anilines is 1. The van der Waals surface area contributed by atoms with Gasteiger partial charge in [0.05, 0.1) is 0 Å². The molecule has 114 valence electrons. The summed E-state index contributed by atoms with van der Waals surface area (Å²) in [5.41, 5.74) is 7.03. The molecule has 2 N–H and O–H groups in total. The monoisotopic (exact) mass is 298 g/mol. The van der Waals surface area contributed by atoms with Crippen LogP contribution in [0.1, 0.15) is 25.3 Å². The van der Waals surface area contributed by atoms with Crippen molar-refractivity contribution in [1.29, 1.82) is 0 Å². The molecule has 0 spiro atoms. The number of aromatic nitrogens is 1. The van der Waals surface area contributed by atoms with Crippen LogP contribution in [-0.4, -0.2) is 43.1 Å². The molecule has 20 heavy (non-hydrogen) atoms. The molecule has 1 aliphatic rings. The lowest BCUT2D eigenvalue weighted by Gasteiger charge is -2.31. The van der Waals surface area contributed by atoms with Gasteiger partial charge in [0.15, 0.2) is 0 Å². The summed E-state index contributed by atoms with van der Waals surface area (Å²) < 4.78 is 0. The van der Waals surface area contributed by atoms with Gasteiger partial charge in [-0.15, -0.1) is 12.4 Å². The Morgan fingerprint density at radius 3 is 2.55 bits per heavy atom. The van der Waals surface area contributed by atoms with Gasteiger partial charge in [0.25, 0.3) is 0 Å². The number of hydrogen-bond donors (Lipinski definition) is 1. The topological polar surface area (TPSA) is 45.4 Å². The zero-order valence-electron chi connectivity index (χ0n) is 12.6. The molecule has 0 radical (unpaired) electrons. The van der Waals surface area contributed by atoms with E-state index < -0.39 is 0 Å². The van der Waals surface area contributed by atoms with Gasteiger partial charge in [-0.25, -0.2) is 4.98 Å². The highest BCUT2D eigenvalue weighted by molar-refractivity contribution is 5.85. The summed E-state index contributed by atoms with van der Waals surface area (Å²) in [6, 6.07) is 4.31. The molecule has 0 unspecified atom stereocenters. The number of likely N-dealkylation sites (tertiary alicyclic amines) is 1. The van der Waals surface area contributed by atoms with Crippen molar-refractivity contribution in [2.45, 2.75) is 26.3 Å². The number of nitrogens with two attached hydrogens (primary N) is 1. The highest BCUT2D eigenvalue weighted by Gasteiger charge is 2.17. The highest BCUT2D eigenvalue weighted by atomic mass is 35.5. The largest absolute Gasteiger partial charge is 0.360 e. The van der Waals surface area contributed by atoms with Gasteiger partial charge < -0.3 is 10.6 Å². The molecular formula is C15H27ClN4. The molecule has 1 saturated heterocycles. The first-order chi connectivity index (χ1) is 9.22. The maximum absolute atomic E-state index is 5.73. The summed E-state index contributed by atoms with van der Waals surface area (Å²) in [7, 11) is 2.07. The molecule has 4 nitrogen and oxygen atoms in total. The van der Waals surface area contributed by atoms with E-state index in [1.807, 2.05) is 6.20 Å². The first kappa shape index (κ1) is 17.2.